The van der Waals surface area contributed by atoms with Crippen molar-refractivity contribution in [2.24, 2.45) is 0 Å². The SMILES string of the molecule is CCC(=O)[C@@H]1CC(c2ccc(C(F)(F)F)cc2)CN1c1ccc(C(=O)NCc2ccc(S(=O)(=O)CC)cc2)cc1. The average molecular weight is 573 g/mol. The number of carbonyl (C=O) groups is 2. The molecule has 212 valence electrons. The molecule has 0 saturated carbocycles. The number of nitrogens with one attached hydrogen (secondary N) is 1. The number of sulfone groups is 1. The van der Waals surface area contributed by atoms with Crippen LogP contribution in [-0.2, 0) is 27.4 Å². The minimum atomic E-state index is -4.41. The molecule has 1 fully saturated rings. The second-order valence-electron chi connectivity index (χ2n) is 9.82. The summed E-state index contributed by atoms with van der Waals surface area (Å²) in [6.07, 6.45) is -3.57. The smallest absolute Gasteiger partial charge is 0.361 e. The molecule has 0 aliphatic carbocycles. The van der Waals surface area contributed by atoms with Gasteiger partial charge in [0.15, 0.2) is 15.6 Å². The third-order valence-corrected chi connectivity index (χ3v) is 9.06. The summed E-state index contributed by atoms with van der Waals surface area (Å²) in [4.78, 5) is 27.7. The summed E-state index contributed by atoms with van der Waals surface area (Å²) in [5, 5.41) is 2.82. The molecular formula is C30H31F3N2O4S. The third-order valence-electron chi connectivity index (χ3n) is 7.31. The van der Waals surface area contributed by atoms with Gasteiger partial charge in [-0.1, -0.05) is 38.1 Å². The fourth-order valence-corrected chi connectivity index (χ4v) is 5.80. The van der Waals surface area contributed by atoms with Gasteiger partial charge in [-0.2, -0.15) is 13.2 Å². The molecule has 1 amide bonds. The van der Waals surface area contributed by atoms with Gasteiger partial charge in [-0.05, 0) is 66.1 Å². The number of halogens is 3. The first kappa shape index (κ1) is 29.3. The van der Waals surface area contributed by atoms with Gasteiger partial charge in [0, 0.05) is 36.7 Å². The highest BCUT2D eigenvalue weighted by Crippen LogP contribution is 2.37. The highest BCUT2D eigenvalue weighted by Gasteiger charge is 2.37. The Hall–Kier alpha value is -3.66. The van der Waals surface area contributed by atoms with Crippen LogP contribution in [0.15, 0.2) is 77.7 Å². The van der Waals surface area contributed by atoms with Crippen molar-refractivity contribution in [1.82, 2.24) is 5.32 Å². The molecule has 1 aliphatic heterocycles. The van der Waals surface area contributed by atoms with Crippen molar-refractivity contribution in [1.29, 1.82) is 0 Å². The van der Waals surface area contributed by atoms with E-state index in [0.29, 0.717) is 24.9 Å². The fraction of sp³-hybridized carbons (Fsp3) is 0.333. The maximum absolute atomic E-state index is 13.0. The fourth-order valence-electron chi connectivity index (χ4n) is 4.92. The van der Waals surface area contributed by atoms with E-state index in [9.17, 15) is 31.2 Å². The zero-order valence-corrected chi connectivity index (χ0v) is 23.1. The minimum Gasteiger partial charge on any atom is -0.361 e. The number of alkyl halides is 3. The lowest BCUT2D eigenvalue weighted by Crippen LogP contribution is -2.35. The number of anilines is 1. The molecule has 0 bridgehead atoms. The van der Waals surface area contributed by atoms with Crippen LogP contribution in [0.1, 0.15) is 59.7 Å². The Balaban J connectivity index is 1.43. The monoisotopic (exact) mass is 572 g/mol. The van der Waals surface area contributed by atoms with E-state index in [2.05, 4.69) is 5.32 Å². The van der Waals surface area contributed by atoms with E-state index in [4.69, 9.17) is 0 Å². The van der Waals surface area contributed by atoms with Gasteiger partial charge in [0.1, 0.15) is 0 Å². The first-order valence-electron chi connectivity index (χ1n) is 13.1. The first-order chi connectivity index (χ1) is 18.9. The summed E-state index contributed by atoms with van der Waals surface area (Å²) in [5.74, 6) is -0.347. The Morgan fingerprint density at radius 3 is 2.10 bits per heavy atom. The van der Waals surface area contributed by atoms with Gasteiger partial charge in [0.2, 0.25) is 0 Å². The van der Waals surface area contributed by atoms with Crippen molar-refractivity contribution in [2.75, 3.05) is 17.2 Å². The molecule has 6 nitrogen and oxygen atoms in total. The quantitative estimate of drug-likeness (QED) is 0.352. The maximum atomic E-state index is 13.0. The number of amides is 1. The summed E-state index contributed by atoms with van der Waals surface area (Å²) in [6, 6.07) is 17.9. The van der Waals surface area contributed by atoms with Crippen molar-refractivity contribution >= 4 is 27.2 Å². The van der Waals surface area contributed by atoms with Crippen molar-refractivity contribution < 1.29 is 31.2 Å². The lowest BCUT2D eigenvalue weighted by molar-refractivity contribution is -0.137. The van der Waals surface area contributed by atoms with E-state index in [-0.39, 0.29) is 34.8 Å². The van der Waals surface area contributed by atoms with Gasteiger partial charge < -0.3 is 10.2 Å². The Morgan fingerprint density at radius 2 is 1.55 bits per heavy atom. The zero-order valence-electron chi connectivity index (χ0n) is 22.2. The molecule has 2 atom stereocenters. The van der Waals surface area contributed by atoms with Crippen LogP contribution >= 0.6 is 0 Å². The number of hydrogen-bond donors (Lipinski definition) is 1. The van der Waals surface area contributed by atoms with Crippen LogP contribution in [0.25, 0.3) is 0 Å². The number of nitrogens with zero attached hydrogens (tertiary/aromatic N) is 1. The van der Waals surface area contributed by atoms with Crippen molar-refractivity contribution in [2.45, 2.75) is 56.3 Å². The molecule has 3 aromatic rings. The molecule has 10 heteroatoms. The third kappa shape index (κ3) is 6.55. The largest absolute Gasteiger partial charge is 0.416 e. The summed E-state index contributed by atoms with van der Waals surface area (Å²) < 4.78 is 62.9. The van der Waals surface area contributed by atoms with Gasteiger partial charge >= 0.3 is 6.18 Å². The van der Waals surface area contributed by atoms with E-state index >= 15 is 0 Å². The summed E-state index contributed by atoms with van der Waals surface area (Å²) >= 11 is 0. The molecule has 40 heavy (non-hydrogen) atoms. The molecular weight excluding hydrogens is 541 g/mol. The van der Waals surface area contributed by atoms with E-state index < -0.39 is 27.6 Å². The minimum absolute atomic E-state index is 0.0135. The van der Waals surface area contributed by atoms with Gasteiger partial charge in [-0.25, -0.2) is 8.42 Å². The van der Waals surface area contributed by atoms with Crippen LogP contribution in [0, 0.1) is 0 Å². The van der Waals surface area contributed by atoms with Gasteiger partial charge in [0.25, 0.3) is 5.91 Å². The number of carbonyl (C=O) groups excluding carboxylic acids is 2. The Labute approximate surface area is 232 Å². The number of benzene rings is 3. The van der Waals surface area contributed by atoms with Crippen LogP contribution in [0.3, 0.4) is 0 Å². The topological polar surface area (TPSA) is 83.6 Å². The molecule has 1 saturated heterocycles. The highest BCUT2D eigenvalue weighted by molar-refractivity contribution is 7.91. The zero-order chi connectivity index (χ0) is 29.1. The highest BCUT2D eigenvalue weighted by atomic mass is 32.2. The molecule has 0 spiro atoms. The van der Waals surface area contributed by atoms with E-state index in [1.54, 1.807) is 50.2 Å². The molecule has 4 rings (SSSR count). The molecule has 0 aromatic heterocycles. The summed E-state index contributed by atoms with van der Waals surface area (Å²) in [5.41, 5.74) is 1.98. The van der Waals surface area contributed by atoms with E-state index in [0.717, 1.165) is 28.9 Å². The van der Waals surface area contributed by atoms with Crippen LogP contribution < -0.4 is 10.2 Å². The van der Waals surface area contributed by atoms with Crippen molar-refractivity contribution in [3.05, 3.63) is 95.1 Å². The molecule has 1 heterocycles. The number of hydrogen-bond acceptors (Lipinski definition) is 5. The van der Waals surface area contributed by atoms with E-state index in [1.165, 1.54) is 24.3 Å². The van der Waals surface area contributed by atoms with Gasteiger partial charge in [-0.15, -0.1) is 0 Å². The predicted molar refractivity (Wildman–Crippen MR) is 147 cm³/mol. The standard InChI is InChI=1S/C30H31F3N2O4S/c1-3-28(36)27-17-23(21-7-11-24(12-8-21)30(31,32)33)19-35(27)25-13-9-22(10-14-25)29(37)34-18-20-5-15-26(16-6-20)40(38,39)4-2/h5-16,23,27H,3-4,17-19H2,1-2H3,(H,34,37)/t23?,27-/m0/s1. The van der Waals surface area contributed by atoms with Crippen LogP contribution in [0.4, 0.5) is 18.9 Å². The predicted octanol–water partition coefficient (Wildman–Crippen LogP) is 5.77. The van der Waals surface area contributed by atoms with E-state index in [1.807, 2.05) is 4.90 Å². The summed E-state index contributed by atoms with van der Waals surface area (Å²) in [6.45, 7) is 4.06. The summed E-state index contributed by atoms with van der Waals surface area (Å²) in [7, 11) is -3.29. The van der Waals surface area contributed by atoms with Crippen molar-refractivity contribution in [3.63, 3.8) is 0 Å². The normalized spacial score (nSPS) is 17.6. The molecule has 1 aliphatic rings. The Morgan fingerprint density at radius 1 is 0.925 bits per heavy atom. The lowest BCUT2D eigenvalue weighted by atomic mass is 9.94. The van der Waals surface area contributed by atoms with Crippen LogP contribution in [0.2, 0.25) is 0 Å². The molecule has 3 aromatic carbocycles. The Kier molecular flexibility index (Phi) is 8.68. The maximum Gasteiger partial charge on any atom is 0.416 e. The molecule has 1 N–H and O–H groups in total. The molecule has 1 unspecified atom stereocenters. The average Bonchev–Trinajstić information content (AvgIpc) is 3.41. The lowest BCUT2D eigenvalue weighted by Gasteiger charge is -2.25. The van der Waals surface area contributed by atoms with Crippen molar-refractivity contribution in [3.8, 4) is 0 Å². The number of ketones is 1. The number of Topliss-reactive ketones (excluding diaryl/α,β-unsaturated/α-hetero) is 1. The number of rotatable bonds is 9. The van der Waals surface area contributed by atoms with Crippen LogP contribution in [-0.4, -0.2) is 38.4 Å². The second kappa shape index (κ2) is 11.8. The van der Waals surface area contributed by atoms with Gasteiger partial charge in [-0.3, -0.25) is 9.59 Å². The second-order valence-corrected chi connectivity index (χ2v) is 12.1. The van der Waals surface area contributed by atoms with Gasteiger partial charge in [0.05, 0.1) is 22.3 Å². The Bertz CT molecular complexity index is 1450. The first-order valence-corrected chi connectivity index (χ1v) is 14.7. The van der Waals surface area contributed by atoms with Crippen LogP contribution in [0.5, 0.6) is 0 Å². The molecule has 0 radical (unpaired) electrons.